The van der Waals surface area contributed by atoms with Crippen LogP contribution in [-0.2, 0) is 0 Å². The van der Waals surface area contributed by atoms with Crippen LogP contribution in [0.1, 0.15) is 31.8 Å². The number of hydrogen-bond acceptors (Lipinski definition) is 3. The molecule has 2 rings (SSSR count). The summed E-state index contributed by atoms with van der Waals surface area (Å²) in [6.07, 6.45) is 3.04. The molecule has 0 aliphatic carbocycles. The molecule has 2 aromatic rings. The number of carbonyl (C=O) groups excluding carboxylic acids is 1. The van der Waals surface area contributed by atoms with Gasteiger partial charge in [0.1, 0.15) is 5.75 Å². The van der Waals surface area contributed by atoms with Gasteiger partial charge >= 0.3 is 5.97 Å². The van der Waals surface area contributed by atoms with Crippen molar-refractivity contribution < 1.29 is 19.8 Å². The second-order valence-corrected chi connectivity index (χ2v) is 4.63. The SMILES string of the molecule is Cc1cc(C(=O)C=Cc2ccc(C(=O)O)cc2)ccc1O. The van der Waals surface area contributed by atoms with Crippen molar-refractivity contribution in [1.82, 2.24) is 0 Å². The summed E-state index contributed by atoms with van der Waals surface area (Å²) < 4.78 is 0. The molecule has 4 heteroatoms. The minimum atomic E-state index is -0.985. The molecule has 0 fully saturated rings. The van der Waals surface area contributed by atoms with Gasteiger partial charge in [0.05, 0.1) is 5.56 Å². The van der Waals surface area contributed by atoms with E-state index in [2.05, 4.69) is 0 Å². The fourth-order valence-electron chi connectivity index (χ4n) is 1.81. The van der Waals surface area contributed by atoms with Crippen LogP contribution >= 0.6 is 0 Å². The lowest BCUT2D eigenvalue weighted by atomic mass is 10.1. The summed E-state index contributed by atoms with van der Waals surface area (Å²) in [7, 11) is 0. The van der Waals surface area contributed by atoms with Gasteiger partial charge in [-0.3, -0.25) is 4.79 Å². The van der Waals surface area contributed by atoms with Gasteiger partial charge in [-0.1, -0.05) is 18.2 Å². The number of aromatic hydroxyl groups is 1. The van der Waals surface area contributed by atoms with E-state index in [0.717, 1.165) is 5.56 Å². The highest BCUT2D eigenvalue weighted by Crippen LogP contribution is 2.17. The number of aryl methyl sites for hydroxylation is 1. The zero-order chi connectivity index (χ0) is 15.4. The first kappa shape index (κ1) is 14.5. The number of benzene rings is 2. The zero-order valence-corrected chi connectivity index (χ0v) is 11.4. The number of carbonyl (C=O) groups is 2. The predicted molar refractivity (Wildman–Crippen MR) is 79.6 cm³/mol. The second-order valence-electron chi connectivity index (χ2n) is 4.63. The molecule has 0 unspecified atom stereocenters. The van der Waals surface area contributed by atoms with Crippen LogP contribution in [0.25, 0.3) is 6.08 Å². The molecular weight excluding hydrogens is 268 g/mol. The molecule has 4 nitrogen and oxygen atoms in total. The molecule has 0 bridgehead atoms. The van der Waals surface area contributed by atoms with Crippen LogP contribution in [-0.4, -0.2) is 22.0 Å². The van der Waals surface area contributed by atoms with Gasteiger partial charge in [-0.15, -0.1) is 0 Å². The summed E-state index contributed by atoms with van der Waals surface area (Å²) in [6.45, 7) is 1.72. The number of allylic oxidation sites excluding steroid dienone is 1. The maximum atomic E-state index is 12.0. The Kier molecular flexibility index (Phi) is 4.18. The third-order valence-electron chi connectivity index (χ3n) is 3.07. The van der Waals surface area contributed by atoms with E-state index < -0.39 is 5.97 Å². The van der Waals surface area contributed by atoms with Gasteiger partial charge in [0.15, 0.2) is 5.78 Å². The van der Waals surface area contributed by atoms with Crippen LogP contribution in [0.4, 0.5) is 0 Å². The molecule has 2 aromatic carbocycles. The van der Waals surface area contributed by atoms with Crippen molar-refractivity contribution in [2.75, 3.05) is 0 Å². The largest absolute Gasteiger partial charge is 0.508 e. The van der Waals surface area contributed by atoms with E-state index >= 15 is 0 Å². The zero-order valence-electron chi connectivity index (χ0n) is 11.4. The molecule has 0 spiro atoms. The Labute approximate surface area is 122 Å². The first-order chi connectivity index (χ1) is 9.97. The number of phenols is 1. The van der Waals surface area contributed by atoms with Gasteiger partial charge in [0.25, 0.3) is 0 Å². The number of aromatic carboxylic acids is 1. The number of ketones is 1. The Bertz CT molecular complexity index is 712. The van der Waals surface area contributed by atoms with Gasteiger partial charge in [0, 0.05) is 5.56 Å². The normalized spacial score (nSPS) is 10.7. The molecule has 0 radical (unpaired) electrons. The lowest BCUT2D eigenvalue weighted by Crippen LogP contribution is -1.96. The van der Waals surface area contributed by atoms with Gasteiger partial charge in [0.2, 0.25) is 0 Å². The Balaban J connectivity index is 2.14. The molecule has 21 heavy (non-hydrogen) atoms. The molecule has 2 N–H and O–H groups in total. The molecule has 0 saturated heterocycles. The fourth-order valence-corrected chi connectivity index (χ4v) is 1.81. The Morgan fingerprint density at radius 1 is 1.00 bits per heavy atom. The van der Waals surface area contributed by atoms with Crippen molar-refractivity contribution in [3.63, 3.8) is 0 Å². The van der Waals surface area contributed by atoms with Crippen LogP contribution in [0.5, 0.6) is 5.75 Å². The summed E-state index contributed by atoms with van der Waals surface area (Å²) in [5, 5.41) is 18.2. The Morgan fingerprint density at radius 2 is 1.62 bits per heavy atom. The number of rotatable bonds is 4. The van der Waals surface area contributed by atoms with E-state index in [4.69, 9.17) is 5.11 Å². The number of carboxylic acids is 1. The van der Waals surface area contributed by atoms with Crippen molar-refractivity contribution in [2.45, 2.75) is 6.92 Å². The van der Waals surface area contributed by atoms with Crippen molar-refractivity contribution in [2.24, 2.45) is 0 Å². The first-order valence-electron chi connectivity index (χ1n) is 6.33. The molecule has 0 saturated carbocycles. The van der Waals surface area contributed by atoms with Crippen LogP contribution in [0.15, 0.2) is 48.5 Å². The van der Waals surface area contributed by atoms with E-state index in [1.165, 1.54) is 24.3 Å². The topological polar surface area (TPSA) is 74.6 Å². The molecule has 0 aliphatic heterocycles. The van der Waals surface area contributed by atoms with Gasteiger partial charge in [-0.05, 0) is 54.5 Å². The Hall–Kier alpha value is -2.88. The van der Waals surface area contributed by atoms with E-state index in [1.54, 1.807) is 37.3 Å². The summed E-state index contributed by atoms with van der Waals surface area (Å²) in [5.74, 6) is -1.01. The molecule has 0 heterocycles. The van der Waals surface area contributed by atoms with Crippen LogP contribution in [0.2, 0.25) is 0 Å². The van der Waals surface area contributed by atoms with Gasteiger partial charge in [-0.25, -0.2) is 4.79 Å². The molecule has 0 aliphatic rings. The molecule has 0 amide bonds. The minimum Gasteiger partial charge on any atom is -0.508 e. The molecule has 0 atom stereocenters. The third-order valence-corrected chi connectivity index (χ3v) is 3.07. The maximum absolute atomic E-state index is 12.0. The van der Waals surface area contributed by atoms with E-state index in [1.807, 2.05) is 0 Å². The first-order valence-corrected chi connectivity index (χ1v) is 6.33. The minimum absolute atomic E-state index is 0.153. The fraction of sp³-hybridized carbons (Fsp3) is 0.0588. The molecule has 0 aromatic heterocycles. The molecule has 106 valence electrons. The lowest BCUT2D eigenvalue weighted by molar-refractivity contribution is 0.0696. The van der Waals surface area contributed by atoms with Crippen molar-refractivity contribution in [3.8, 4) is 5.75 Å². The highest BCUT2D eigenvalue weighted by Gasteiger charge is 2.05. The standard InChI is InChI=1S/C17H14O4/c1-11-10-14(7-9-15(11)18)16(19)8-4-12-2-5-13(6-3-12)17(20)21/h2-10,18H,1H3,(H,20,21). The molecular formula is C17H14O4. The smallest absolute Gasteiger partial charge is 0.335 e. The maximum Gasteiger partial charge on any atom is 0.335 e. The number of hydrogen-bond donors (Lipinski definition) is 2. The summed E-state index contributed by atoms with van der Waals surface area (Å²) in [6, 6.07) is 10.9. The van der Waals surface area contributed by atoms with E-state index in [9.17, 15) is 14.7 Å². The van der Waals surface area contributed by atoms with Crippen LogP contribution < -0.4 is 0 Å². The summed E-state index contributed by atoms with van der Waals surface area (Å²) in [4.78, 5) is 22.7. The second kappa shape index (κ2) is 6.05. The van der Waals surface area contributed by atoms with Crippen molar-refractivity contribution in [3.05, 3.63) is 70.8 Å². The third kappa shape index (κ3) is 3.57. The van der Waals surface area contributed by atoms with E-state index in [0.29, 0.717) is 11.1 Å². The average molecular weight is 282 g/mol. The summed E-state index contributed by atoms with van der Waals surface area (Å²) in [5.41, 5.74) is 2.07. The highest BCUT2D eigenvalue weighted by atomic mass is 16.4. The Morgan fingerprint density at radius 3 is 2.19 bits per heavy atom. The lowest BCUT2D eigenvalue weighted by Gasteiger charge is -2.01. The number of phenolic OH excluding ortho intramolecular Hbond substituents is 1. The predicted octanol–water partition coefficient (Wildman–Crippen LogP) is 3.29. The highest BCUT2D eigenvalue weighted by molar-refractivity contribution is 6.07. The van der Waals surface area contributed by atoms with Crippen molar-refractivity contribution >= 4 is 17.8 Å². The quantitative estimate of drug-likeness (QED) is 0.666. The monoisotopic (exact) mass is 282 g/mol. The summed E-state index contributed by atoms with van der Waals surface area (Å²) >= 11 is 0. The van der Waals surface area contributed by atoms with Crippen LogP contribution in [0.3, 0.4) is 0 Å². The van der Waals surface area contributed by atoms with Gasteiger partial charge < -0.3 is 10.2 Å². The number of carboxylic acid groups (broad SMARTS) is 1. The average Bonchev–Trinajstić information content (AvgIpc) is 2.48. The van der Waals surface area contributed by atoms with Crippen LogP contribution in [0, 0.1) is 6.92 Å². The van der Waals surface area contributed by atoms with Gasteiger partial charge in [-0.2, -0.15) is 0 Å². The van der Waals surface area contributed by atoms with E-state index in [-0.39, 0.29) is 17.1 Å². The van der Waals surface area contributed by atoms with Crippen molar-refractivity contribution in [1.29, 1.82) is 0 Å².